The lowest BCUT2D eigenvalue weighted by atomic mass is 10.2. The second kappa shape index (κ2) is 7.14. The number of benzene rings is 1. The van der Waals surface area contributed by atoms with Gasteiger partial charge < -0.3 is 9.47 Å². The number of hydrogen-bond acceptors (Lipinski definition) is 4. The van der Waals surface area contributed by atoms with Gasteiger partial charge in [0.15, 0.2) is 0 Å². The van der Waals surface area contributed by atoms with Crippen molar-refractivity contribution in [2.24, 2.45) is 0 Å². The van der Waals surface area contributed by atoms with E-state index in [0.29, 0.717) is 18.8 Å². The fourth-order valence-corrected chi connectivity index (χ4v) is 1.25. The maximum atomic E-state index is 11.0. The number of hydrogen-bond donors (Lipinski definition) is 1. The first-order valence-electron chi connectivity index (χ1n) is 5.28. The molecule has 0 N–H and O–H groups in total. The van der Waals surface area contributed by atoms with Crippen LogP contribution in [0.2, 0.25) is 0 Å². The molecule has 0 radical (unpaired) electrons. The van der Waals surface area contributed by atoms with E-state index < -0.39 is 0 Å². The molecule has 92 valence electrons. The van der Waals surface area contributed by atoms with Crippen molar-refractivity contribution in [2.75, 3.05) is 13.2 Å². The van der Waals surface area contributed by atoms with Crippen LogP contribution in [0, 0.1) is 0 Å². The molecule has 0 unspecified atom stereocenters. The molecule has 17 heavy (non-hydrogen) atoms. The highest BCUT2D eigenvalue weighted by atomic mass is 32.1. The Balaban J connectivity index is 2.14. The van der Waals surface area contributed by atoms with Crippen molar-refractivity contribution in [1.29, 1.82) is 0 Å². The van der Waals surface area contributed by atoms with E-state index in [-0.39, 0.29) is 12.6 Å². The van der Waals surface area contributed by atoms with Crippen LogP contribution < -0.4 is 0 Å². The van der Waals surface area contributed by atoms with E-state index in [4.69, 9.17) is 9.47 Å². The molecule has 1 rings (SSSR count). The molecule has 3 nitrogen and oxygen atoms in total. The number of carbonyl (C=O) groups is 1. The zero-order chi connectivity index (χ0) is 12.7. The van der Waals surface area contributed by atoms with Gasteiger partial charge in [0.05, 0.1) is 13.2 Å². The molecule has 0 fully saturated rings. The van der Waals surface area contributed by atoms with E-state index >= 15 is 0 Å². The van der Waals surface area contributed by atoms with Gasteiger partial charge in [0.1, 0.15) is 6.61 Å². The molecule has 0 aliphatic heterocycles. The maximum Gasteiger partial charge on any atom is 0.333 e. The number of esters is 1. The third kappa shape index (κ3) is 5.56. The highest BCUT2D eigenvalue weighted by Crippen LogP contribution is 2.08. The summed E-state index contributed by atoms with van der Waals surface area (Å²) < 4.78 is 10.2. The van der Waals surface area contributed by atoms with Crippen LogP contribution in [-0.4, -0.2) is 19.2 Å². The molecule has 0 aliphatic rings. The molecular formula is C13H16O3S. The molecule has 0 aliphatic carbocycles. The molecule has 0 heterocycles. The summed E-state index contributed by atoms with van der Waals surface area (Å²) >= 11 is 4.19. The largest absolute Gasteiger partial charge is 0.460 e. The highest BCUT2D eigenvalue weighted by molar-refractivity contribution is 7.80. The zero-order valence-corrected chi connectivity index (χ0v) is 10.7. The molecule has 0 amide bonds. The van der Waals surface area contributed by atoms with Crippen molar-refractivity contribution >= 4 is 18.6 Å². The van der Waals surface area contributed by atoms with Crippen LogP contribution in [-0.2, 0) is 20.9 Å². The Kier molecular flexibility index (Phi) is 5.80. The summed E-state index contributed by atoms with van der Waals surface area (Å²) in [4.78, 5) is 11.9. The monoisotopic (exact) mass is 252 g/mol. The van der Waals surface area contributed by atoms with Crippen LogP contribution in [0.3, 0.4) is 0 Å². The van der Waals surface area contributed by atoms with E-state index in [1.165, 1.54) is 0 Å². The van der Waals surface area contributed by atoms with Crippen LogP contribution in [0.1, 0.15) is 12.5 Å². The normalized spacial score (nSPS) is 10.0. The topological polar surface area (TPSA) is 35.5 Å². The molecule has 0 spiro atoms. The molecule has 0 bridgehead atoms. The highest BCUT2D eigenvalue weighted by Gasteiger charge is 2.01. The van der Waals surface area contributed by atoms with Crippen LogP contribution in [0.4, 0.5) is 0 Å². The minimum atomic E-state index is -0.381. The van der Waals surface area contributed by atoms with Gasteiger partial charge in [-0.25, -0.2) is 4.79 Å². The number of ether oxygens (including phenoxy) is 2. The number of carbonyl (C=O) groups excluding carboxylic acids is 1. The van der Waals surface area contributed by atoms with Gasteiger partial charge in [-0.1, -0.05) is 18.7 Å². The van der Waals surface area contributed by atoms with Gasteiger partial charge in [-0.3, -0.25) is 0 Å². The number of thiol groups is 1. The fraction of sp³-hybridized carbons (Fsp3) is 0.308. The minimum Gasteiger partial charge on any atom is -0.460 e. The Morgan fingerprint density at radius 2 is 1.94 bits per heavy atom. The van der Waals surface area contributed by atoms with Crippen molar-refractivity contribution in [3.05, 3.63) is 42.0 Å². The van der Waals surface area contributed by atoms with E-state index in [2.05, 4.69) is 19.2 Å². The third-order valence-corrected chi connectivity index (χ3v) is 2.31. The van der Waals surface area contributed by atoms with Crippen molar-refractivity contribution in [3.63, 3.8) is 0 Å². The summed E-state index contributed by atoms with van der Waals surface area (Å²) in [7, 11) is 0. The summed E-state index contributed by atoms with van der Waals surface area (Å²) in [6.45, 7) is 6.22. The third-order valence-electron chi connectivity index (χ3n) is 2.01. The van der Waals surface area contributed by atoms with Gasteiger partial charge in [-0.05, 0) is 24.6 Å². The average Bonchev–Trinajstić information content (AvgIpc) is 2.30. The zero-order valence-electron chi connectivity index (χ0n) is 9.81. The molecular weight excluding hydrogens is 236 g/mol. The van der Waals surface area contributed by atoms with E-state index in [1.54, 1.807) is 6.92 Å². The van der Waals surface area contributed by atoms with E-state index in [9.17, 15) is 4.79 Å². The first-order chi connectivity index (χ1) is 8.09. The lowest BCUT2D eigenvalue weighted by Crippen LogP contribution is -2.10. The molecule has 0 atom stereocenters. The minimum absolute atomic E-state index is 0.246. The van der Waals surface area contributed by atoms with Crippen molar-refractivity contribution in [2.45, 2.75) is 18.4 Å². The van der Waals surface area contributed by atoms with Crippen LogP contribution in [0.15, 0.2) is 41.3 Å². The lowest BCUT2D eigenvalue weighted by molar-refractivity contribution is -0.140. The van der Waals surface area contributed by atoms with Gasteiger partial charge in [0.2, 0.25) is 0 Å². The second-order valence-corrected chi connectivity index (χ2v) is 4.15. The Morgan fingerprint density at radius 3 is 2.53 bits per heavy atom. The molecule has 1 aromatic carbocycles. The predicted octanol–water partition coefficient (Wildman–Crippen LogP) is 2.61. The maximum absolute atomic E-state index is 11.0. The Hall–Kier alpha value is -1.26. The van der Waals surface area contributed by atoms with E-state index in [0.717, 1.165) is 10.5 Å². The van der Waals surface area contributed by atoms with Crippen LogP contribution in [0.5, 0.6) is 0 Å². The van der Waals surface area contributed by atoms with Crippen molar-refractivity contribution < 1.29 is 14.3 Å². The van der Waals surface area contributed by atoms with Crippen molar-refractivity contribution in [3.8, 4) is 0 Å². The first-order valence-corrected chi connectivity index (χ1v) is 5.72. The summed E-state index contributed by atoms with van der Waals surface area (Å²) in [6.07, 6.45) is 0. The second-order valence-electron chi connectivity index (χ2n) is 3.64. The first kappa shape index (κ1) is 13.8. The smallest absolute Gasteiger partial charge is 0.333 e. The van der Waals surface area contributed by atoms with E-state index in [1.807, 2.05) is 24.3 Å². The summed E-state index contributed by atoms with van der Waals surface area (Å²) in [6, 6.07) is 7.70. The van der Waals surface area contributed by atoms with Gasteiger partial charge in [-0.2, -0.15) is 0 Å². The number of rotatable bonds is 6. The van der Waals surface area contributed by atoms with Crippen LogP contribution >= 0.6 is 12.6 Å². The Labute approximate surface area is 107 Å². The average molecular weight is 252 g/mol. The fourth-order valence-electron chi connectivity index (χ4n) is 1.10. The van der Waals surface area contributed by atoms with Gasteiger partial charge in [0.25, 0.3) is 0 Å². The van der Waals surface area contributed by atoms with Crippen molar-refractivity contribution in [1.82, 2.24) is 0 Å². The molecule has 0 saturated carbocycles. The van der Waals surface area contributed by atoms with Gasteiger partial charge in [-0.15, -0.1) is 12.6 Å². The quantitative estimate of drug-likeness (QED) is 0.366. The summed E-state index contributed by atoms with van der Waals surface area (Å²) in [5, 5.41) is 0. The predicted molar refractivity (Wildman–Crippen MR) is 69.1 cm³/mol. The van der Waals surface area contributed by atoms with Crippen LogP contribution in [0.25, 0.3) is 0 Å². The Bertz CT molecular complexity index is 384. The molecule has 1 aromatic rings. The molecule has 0 saturated heterocycles. The summed E-state index contributed by atoms with van der Waals surface area (Å²) in [5.74, 6) is -0.381. The lowest BCUT2D eigenvalue weighted by Gasteiger charge is -2.06. The van der Waals surface area contributed by atoms with Gasteiger partial charge in [0, 0.05) is 10.5 Å². The molecule has 4 heteroatoms. The van der Waals surface area contributed by atoms with Gasteiger partial charge >= 0.3 is 5.97 Å². The summed E-state index contributed by atoms with van der Waals surface area (Å²) in [5.41, 5.74) is 1.46. The standard InChI is InChI=1S/C13H16O3S/c1-10(2)13(14)16-8-7-15-9-11-3-5-12(17)6-4-11/h3-6,17H,1,7-9H2,2H3. The molecule has 0 aromatic heterocycles. The SMILES string of the molecule is C=C(C)C(=O)OCCOCc1ccc(S)cc1. The Morgan fingerprint density at radius 1 is 1.29 bits per heavy atom.